The highest BCUT2D eigenvalue weighted by Crippen LogP contribution is 2.27. The molecule has 1 fully saturated rings. The van der Waals surface area contributed by atoms with E-state index in [-0.39, 0.29) is 11.8 Å². The molecule has 34 heavy (non-hydrogen) atoms. The molecule has 0 radical (unpaired) electrons. The summed E-state index contributed by atoms with van der Waals surface area (Å²) in [5.74, 6) is -2.65. The van der Waals surface area contributed by atoms with Gasteiger partial charge in [0.15, 0.2) is 0 Å². The minimum atomic E-state index is -5.08. The van der Waals surface area contributed by atoms with Gasteiger partial charge >= 0.3 is 12.1 Å². The van der Waals surface area contributed by atoms with Crippen LogP contribution in [0.25, 0.3) is 11.3 Å². The SMILES string of the molecule is Cn1nc(-c2ccccc2)cc1CNC(=O)c1conc1C1CCNCC1.O=C(O)C(F)(F)F. The highest BCUT2D eigenvalue weighted by Gasteiger charge is 2.38. The summed E-state index contributed by atoms with van der Waals surface area (Å²) in [6, 6.07) is 12.0. The second-order valence-corrected chi connectivity index (χ2v) is 7.63. The average Bonchev–Trinajstić information content (AvgIpc) is 3.45. The number of aryl methyl sites for hydroxylation is 1. The zero-order valence-corrected chi connectivity index (χ0v) is 18.3. The zero-order valence-electron chi connectivity index (χ0n) is 18.3. The Balaban J connectivity index is 0.000000406. The third kappa shape index (κ3) is 6.44. The van der Waals surface area contributed by atoms with E-state index in [1.165, 1.54) is 6.26 Å². The fourth-order valence-electron chi connectivity index (χ4n) is 3.49. The molecule has 1 aliphatic rings. The maximum absolute atomic E-state index is 12.7. The molecule has 0 atom stereocenters. The molecule has 3 aromatic rings. The molecule has 0 saturated carbocycles. The number of rotatable bonds is 5. The van der Waals surface area contributed by atoms with Crippen molar-refractivity contribution in [1.29, 1.82) is 0 Å². The standard InChI is InChI=1S/C20H23N5O2.C2HF3O2/c1-25-16(11-18(23-25)14-5-3-2-4-6-14)12-22-20(26)17-13-27-24-19(17)15-7-9-21-10-8-15;3-2(4,5)1(6)7/h2-6,11,13,15,21H,7-10,12H2,1H3,(H,22,26);(H,6,7). The van der Waals surface area contributed by atoms with Crippen molar-refractivity contribution in [3.8, 4) is 11.3 Å². The van der Waals surface area contributed by atoms with Crippen LogP contribution in [-0.4, -0.2) is 51.2 Å². The monoisotopic (exact) mass is 479 g/mol. The minimum Gasteiger partial charge on any atom is -0.475 e. The molecule has 4 rings (SSSR count). The maximum atomic E-state index is 12.7. The zero-order chi connectivity index (χ0) is 24.7. The molecule has 0 bridgehead atoms. The van der Waals surface area contributed by atoms with Gasteiger partial charge in [0.05, 0.1) is 23.6 Å². The number of aromatic nitrogens is 3. The van der Waals surface area contributed by atoms with Crippen molar-refractivity contribution in [2.24, 2.45) is 7.05 Å². The Morgan fingerprint density at radius 1 is 1.24 bits per heavy atom. The molecule has 0 unspecified atom stereocenters. The van der Waals surface area contributed by atoms with Gasteiger partial charge in [-0.05, 0) is 32.0 Å². The summed E-state index contributed by atoms with van der Waals surface area (Å²) in [6.07, 6.45) is -1.70. The number of benzene rings is 1. The highest BCUT2D eigenvalue weighted by atomic mass is 19.4. The van der Waals surface area contributed by atoms with Gasteiger partial charge in [0, 0.05) is 18.5 Å². The van der Waals surface area contributed by atoms with Crippen LogP contribution in [0.2, 0.25) is 0 Å². The molecule has 12 heteroatoms. The van der Waals surface area contributed by atoms with Gasteiger partial charge in [-0.3, -0.25) is 9.48 Å². The number of amides is 1. The molecule has 1 saturated heterocycles. The second kappa shape index (κ2) is 11.0. The number of alkyl halides is 3. The Bertz CT molecular complexity index is 1110. The van der Waals surface area contributed by atoms with Crippen LogP contribution in [0.5, 0.6) is 0 Å². The van der Waals surface area contributed by atoms with E-state index in [0.717, 1.165) is 48.6 Å². The average molecular weight is 479 g/mol. The first-order chi connectivity index (χ1) is 16.2. The number of carboxylic acids is 1. The molecular formula is C22H24F3N5O4. The number of carboxylic acid groups (broad SMARTS) is 1. The van der Waals surface area contributed by atoms with E-state index in [2.05, 4.69) is 20.9 Å². The van der Waals surface area contributed by atoms with Gasteiger partial charge in [0.25, 0.3) is 5.91 Å². The van der Waals surface area contributed by atoms with E-state index in [4.69, 9.17) is 14.4 Å². The van der Waals surface area contributed by atoms with Crippen LogP contribution in [-0.2, 0) is 18.4 Å². The van der Waals surface area contributed by atoms with Crippen LogP contribution in [0, 0.1) is 0 Å². The van der Waals surface area contributed by atoms with E-state index in [1.54, 1.807) is 4.68 Å². The highest BCUT2D eigenvalue weighted by molar-refractivity contribution is 5.95. The van der Waals surface area contributed by atoms with E-state index in [9.17, 15) is 18.0 Å². The maximum Gasteiger partial charge on any atom is 0.490 e. The molecule has 9 nitrogen and oxygen atoms in total. The number of halogens is 3. The third-order valence-corrected chi connectivity index (χ3v) is 5.29. The first kappa shape index (κ1) is 25.0. The van der Waals surface area contributed by atoms with Crippen molar-refractivity contribution in [2.75, 3.05) is 13.1 Å². The smallest absolute Gasteiger partial charge is 0.475 e. The van der Waals surface area contributed by atoms with E-state index >= 15 is 0 Å². The van der Waals surface area contributed by atoms with Crippen molar-refractivity contribution in [3.05, 3.63) is 59.6 Å². The van der Waals surface area contributed by atoms with Crippen molar-refractivity contribution in [1.82, 2.24) is 25.6 Å². The van der Waals surface area contributed by atoms with Gasteiger partial charge in [-0.25, -0.2) is 4.79 Å². The number of nitrogens with one attached hydrogen (secondary N) is 2. The fraction of sp³-hybridized carbons (Fsp3) is 0.364. The topological polar surface area (TPSA) is 122 Å². The second-order valence-electron chi connectivity index (χ2n) is 7.63. The number of piperidine rings is 1. The summed E-state index contributed by atoms with van der Waals surface area (Å²) in [4.78, 5) is 21.6. The van der Waals surface area contributed by atoms with Gasteiger partial charge in [-0.2, -0.15) is 18.3 Å². The number of carbonyl (C=O) groups is 2. The molecular weight excluding hydrogens is 455 g/mol. The lowest BCUT2D eigenvalue weighted by molar-refractivity contribution is -0.192. The summed E-state index contributed by atoms with van der Waals surface area (Å²) in [7, 11) is 1.88. The number of hydrogen-bond acceptors (Lipinski definition) is 6. The van der Waals surface area contributed by atoms with Crippen molar-refractivity contribution in [3.63, 3.8) is 0 Å². The number of nitrogens with zero attached hydrogens (tertiary/aromatic N) is 3. The first-order valence-corrected chi connectivity index (χ1v) is 10.5. The first-order valence-electron chi connectivity index (χ1n) is 10.5. The quantitative estimate of drug-likeness (QED) is 0.514. The van der Waals surface area contributed by atoms with E-state index < -0.39 is 12.1 Å². The summed E-state index contributed by atoms with van der Waals surface area (Å²) in [5.41, 5.74) is 4.18. The summed E-state index contributed by atoms with van der Waals surface area (Å²) in [5, 5.41) is 22.1. The van der Waals surface area contributed by atoms with Gasteiger partial charge in [0.2, 0.25) is 0 Å². The predicted molar refractivity (Wildman–Crippen MR) is 115 cm³/mol. The Morgan fingerprint density at radius 2 is 1.88 bits per heavy atom. The van der Waals surface area contributed by atoms with Crippen LogP contribution in [0.15, 0.2) is 47.2 Å². The minimum absolute atomic E-state index is 0.160. The Hall–Kier alpha value is -3.67. The van der Waals surface area contributed by atoms with Crippen LogP contribution >= 0.6 is 0 Å². The largest absolute Gasteiger partial charge is 0.490 e. The molecule has 1 aliphatic heterocycles. The molecule has 3 heterocycles. The fourth-order valence-corrected chi connectivity index (χ4v) is 3.49. The molecule has 182 valence electrons. The molecule has 2 aromatic heterocycles. The lowest BCUT2D eigenvalue weighted by Crippen LogP contribution is -2.29. The van der Waals surface area contributed by atoms with E-state index in [0.29, 0.717) is 12.1 Å². The van der Waals surface area contributed by atoms with Gasteiger partial charge < -0.3 is 20.3 Å². The third-order valence-electron chi connectivity index (χ3n) is 5.29. The molecule has 1 amide bonds. The molecule has 1 aromatic carbocycles. The summed E-state index contributed by atoms with van der Waals surface area (Å²) >= 11 is 0. The van der Waals surface area contributed by atoms with Crippen molar-refractivity contribution >= 4 is 11.9 Å². The van der Waals surface area contributed by atoms with Crippen molar-refractivity contribution < 1.29 is 32.4 Å². The molecule has 0 aliphatic carbocycles. The van der Waals surface area contributed by atoms with Crippen molar-refractivity contribution in [2.45, 2.75) is 31.5 Å². The van der Waals surface area contributed by atoms with Crippen LogP contribution in [0.3, 0.4) is 0 Å². The summed E-state index contributed by atoms with van der Waals surface area (Å²) < 4.78 is 38.6. The van der Waals surface area contributed by atoms with Gasteiger partial charge in [-0.1, -0.05) is 35.5 Å². The van der Waals surface area contributed by atoms with Crippen LogP contribution in [0.1, 0.15) is 40.5 Å². The normalized spacial score (nSPS) is 14.2. The Labute approximate surface area is 192 Å². The van der Waals surface area contributed by atoms with Crippen LogP contribution in [0.4, 0.5) is 13.2 Å². The van der Waals surface area contributed by atoms with Crippen LogP contribution < -0.4 is 10.6 Å². The van der Waals surface area contributed by atoms with Gasteiger partial charge in [-0.15, -0.1) is 0 Å². The lowest BCUT2D eigenvalue weighted by Gasteiger charge is -2.21. The molecule has 0 spiro atoms. The Morgan fingerprint density at radius 3 is 2.50 bits per heavy atom. The van der Waals surface area contributed by atoms with E-state index in [1.807, 2.05) is 43.4 Å². The number of aliphatic carboxylic acids is 1. The predicted octanol–water partition coefficient (Wildman–Crippen LogP) is 3.11. The van der Waals surface area contributed by atoms with Gasteiger partial charge in [0.1, 0.15) is 11.8 Å². The Kier molecular flexibility index (Phi) is 8.05. The number of hydrogen-bond donors (Lipinski definition) is 3. The summed E-state index contributed by atoms with van der Waals surface area (Å²) in [6.45, 7) is 2.28. The number of carbonyl (C=O) groups excluding carboxylic acids is 1. The molecule has 3 N–H and O–H groups in total. The lowest BCUT2D eigenvalue weighted by atomic mass is 9.92.